The Kier molecular flexibility index (Phi) is 5.14. The number of nitrogens with zero attached hydrogens (tertiary/aromatic N) is 6. The summed E-state index contributed by atoms with van der Waals surface area (Å²) in [4.78, 5) is 50.2. The summed E-state index contributed by atoms with van der Waals surface area (Å²) in [6.07, 6.45) is 8.42. The van der Waals surface area contributed by atoms with E-state index in [1.54, 1.807) is 24.8 Å². The van der Waals surface area contributed by atoms with Crippen LogP contribution in [-0.2, 0) is 4.79 Å². The predicted octanol–water partition coefficient (Wildman–Crippen LogP) is 2.82. The van der Waals surface area contributed by atoms with Crippen molar-refractivity contribution in [3.8, 4) is 11.3 Å². The SMILES string of the molecule is Cc1cc(N2CCC[C@@]3(CNC3=O)C2)c(C(=O)Nc2nc3ncc(-c4ccncc4)nc3s2)cn1. The Morgan fingerprint density at radius 1 is 1.20 bits per heavy atom. The molecule has 0 unspecified atom stereocenters. The van der Waals surface area contributed by atoms with Gasteiger partial charge in [-0.05, 0) is 38.0 Å². The second kappa shape index (κ2) is 8.35. The van der Waals surface area contributed by atoms with Gasteiger partial charge < -0.3 is 10.2 Å². The van der Waals surface area contributed by atoms with Crippen molar-refractivity contribution in [2.24, 2.45) is 5.41 Å². The second-order valence-electron chi connectivity index (χ2n) is 8.92. The second-order valence-corrected chi connectivity index (χ2v) is 9.90. The van der Waals surface area contributed by atoms with Gasteiger partial charge in [-0.15, -0.1) is 0 Å². The number of rotatable bonds is 4. The molecule has 0 radical (unpaired) electrons. The molecule has 2 aliphatic rings. The zero-order chi connectivity index (χ0) is 24.0. The highest BCUT2D eigenvalue weighted by molar-refractivity contribution is 7.21. The summed E-state index contributed by atoms with van der Waals surface area (Å²) in [5, 5.41) is 6.18. The Bertz CT molecular complexity index is 1460. The molecule has 2 fully saturated rings. The summed E-state index contributed by atoms with van der Waals surface area (Å²) in [5.74, 6) is -0.210. The summed E-state index contributed by atoms with van der Waals surface area (Å²) < 4.78 is 0. The highest BCUT2D eigenvalue weighted by Crippen LogP contribution is 2.38. The van der Waals surface area contributed by atoms with Crippen LogP contribution in [0.5, 0.6) is 0 Å². The maximum atomic E-state index is 13.3. The van der Waals surface area contributed by atoms with E-state index in [2.05, 4.69) is 40.5 Å². The quantitative estimate of drug-likeness (QED) is 0.422. The number of fused-ring (bicyclic) bond motifs is 1. The number of hydrogen-bond acceptors (Lipinski definition) is 9. The van der Waals surface area contributed by atoms with Crippen LogP contribution in [0.2, 0.25) is 0 Å². The van der Waals surface area contributed by atoms with Crippen LogP contribution in [0.3, 0.4) is 0 Å². The van der Waals surface area contributed by atoms with Gasteiger partial charge >= 0.3 is 0 Å². The van der Waals surface area contributed by atoms with Crippen LogP contribution in [0.15, 0.2) is 43.0 Å². The highest BCUT2D eigenvalue weighted by atomic mass is 32.1. The van der Waals surface area contributed by atoms with Crippen LogP contribution in [0, 0.1) is 12.3 Å². The fourth-order valence-electron chi connectivity index (χ4n) is 4.66. The molecule has 0 aliphatic carbocycles. The van der Waals surface area contributed by atoms with Crippen LogP contribution in [0.25, 0.3) is 21.7 Å². The molecule has 0 aromatic carbocycles. The molecule has 10 nitrogen and oxygen atoms in total. The Balaban J connectivity index is 1.27. The van der Waals surface area contributed by atoms with Gasteiger partial charge in [-0.2, -0.15) is 4.98 Å². The number of nitrogens with one attached hydrogen (secondary N) is 2. The third-order valence-corrected chi connectivity index (χ3v) is 7.42. The van der Waals surface area contributed by atoms with Gasteiger partial charge in [0.15, 0.2) is 15.6 Å². The molecule has 1 atom stereocenters. The molecule has 11 heteroatoms. The molecule has 4 aromatic rings. The monoisotopic (exact) mass is 486 g/mol. The lowest BCUT2D eigenvalue weighted by molar-refractivity contribution is -0.140. The van der Waals surface area contributed by atoms with Crippen LogP contribution in [-0.4, -0.2) is 56.4 Å². The van der Waals surface area contributed by atoms with Crippen molar-refractivity contribution >= 4 is 44.4 Å². The lowest BCUT2D eigenvalue weighted by atomic mass is 9.74. The first-order valence-corrected chi connectivity index (χ1v) is 12.2. The van der Waals surface area contributed by atoms with Gasteiger partial charge in [-0.25, -0.2) is 9.97 Å². The van der Waals surface area contributed by atoms with Crippen LogP contribution in [0.4, 0.5) is 10.8 Å². The standard InChI is InChI=1S/C24H22N8O2S/c1-14-9-18(32-8-2-5-24(13-32)12-28-22(24)34)16(10-26-14)20(33)31-23-30-19-21(35-23)29-17(11-27-19)15-3-6-25-7-4-15/h3-4,6-7,9-11H,2,5,8,12-13H2,1H3,(H,28,34)(H,27,30,31,33)/t24-/m1/s1. The lowest BCUT2D eigenvalue weighted by Crippen LogP contribution is -2.65. The number of carbonyl (C=O) groups is 2. The van der Waals surface area contributed by atoms with Gasteiger partial charge in [0.05, 0.1) is 28.6 Å². The summed E-state index contributed by atoms with van der Waals surface area (Å²) >= 11 is 1.27. The summed E-state index contributed by atoms with van der Waals surface area (Å²) in [6, 6.07) is 5.64. The van der Waals surface area contributed by atoms with Gasteiger partial charge in [-0.1, -0.05) is 11.3 Å². The van der Waals surface area contributed by atoms with E-state index in [0.29, 0.717) is 40.0 Å². The Morgan fingerprint density at radius 2 is 2.06 bits per heavy atom. The number of aromatic nitrogens is 5. The van der Waals surface area contributed by atoms with Crippen molar-refractivity contribution in [1.29, 1.82) is 0 Å². The fourth-order valence-corrected chi connectivity index (χ4v) is 5.45. The maximum absolute atomic E-state index is 13.3. The number of amides is 2. The van der Waals surface area contributed by atoms with E-state index in [0.717, 1.165) is 36.3 Å². The molecular formula is C24H22N8O2S. The Hall–Kier alpha value is -3.99. The topological polar surface area (TPSA) is 126 Å². The molecule has 4 aromatic heterocycles. The van der Waals surface area contributed by atoms with E-state index in [1.165, 1.54) is 11.3 Å². The largest absolute Gasteiger partial charge is 0.370 e. The number of hydrogen-bond donors (Lipinski definition) is 2. The van der Waals surface area contributed by atoms with E-state index in [9.17, 15) is 9.59 Å². The van der Waals surface area contributed by atoms with Crippen LogP contribution in [0.1, 0.15) is 28.9 Å². The summed E-state index contributed by atoms with van der Waals surface area (Å²) in [6.45, 7) is 3.95. The summed E-state index contributed by atoms with van der Waals surface area (Å²) in [5.41, 5.74) is 3.77. The van der Waals surface area contributed by atoms with Crippen molar-refractivity contribution < 1.29 is 9.59 Å². The molecule has 6 rings (SSSR count). The minimum Gasteiger partial charge on any atom is -0.370 e. The van der Waals surface area contributed by atoms with Crippen molar-refractivity contribution in [2.75, 3.05) is 29.9 Å². The fraction of sp³-hybridized carbons (Fsp3) is 0.292. The highest BCUT2D eigenvalue weighted by Gasteiger charge is 2.49. The third kappa shape index (κ3) is 3.87. The van der Waals surface area contributed by atoms with Crippen molar-refractivity contribution in [1.82, 2.24) is 30.2 Å². The van der Waals surface area contributed by atoms with Gasteiger partial charge in [0.25, 0.3) is 5.91 Å². The molecule has 35 heavy (non-hydrogen) atoms. The molecule has 6 heterocycles. The van der Waals surface area contributed by atoms with E-state index < -0.39 is 0 Å². The number of carbonyl (C=O) groups excluding carboxylic acids is 2. The minimum atomic E-state index is -0.361. The molecule has 2 aliphatic heterocycles. The molecule has 1 spiro atoms. The molecule has 176 valence electrons. The zero-order valence-corrected chi connectivity index (χ0v) is 19.8. The van der Waals surface area contributed by atoms with Gasteiger partial charge in [-0.3, -0.25) is 24.9 Å². The van der Waals surface area contributed by atoms with Crippen molar-refractivity contribution in [3.05, 3.63) is 54.2 Å². The number of anilines is 2. The van der Waals surface area contributed by atoms with Crippen LogP contribution < -0.4 is 15.5 Å². The molecule has 0 saturated carbocycles. The van der Waals surface area contributed by atoms with Gasteiger partial charge in [0.2, 0.25) is 5.91 Å². The smallest absolute Gasteiger partial charge is 0.261 e. The number of aryl methyl sites for hydroxylation is 1. The molecule has 2 N–H and O–H groups in total. The number of thiazole rings is 1. The first kappa shape index (κ1) is 21.5. The third-order valence-electron chi connectivity index (χ3n) is 6.57. The predicted molar refractivity (Wildman–Crippen MR) is 132 cm³/mol. The Labute approximate surface area is 204 Å². The van der Waals surface area contributed by atoms with Crippen LogP contribution >= 0.6 is 11.3 Å². The van der Waals surface area contributed by atoms with E-state index in [4.69, 9.17) is 0 Å². The van der Waals surface area contributed by atoms with Crippen molar-refractivity contribution in [2.45, 2.75) is 19.8 Å². The number of pyridine rings is 2. The minimum absolute atomic E-state index is 0.0968. The van der Waals surface area contributed by atoms with Crippen molar-refractivity contribution in [3.63, 3.8) is 0 Å². The number of β-lactam (4-membered cyclic amide) rings is 1. The van der Waals surface area contributed by atoms with Gasteiger partial charge in [0, 0.05) is 49.5 Å². The van der Waals surface area contributed by atoms with E-state index in [1.807, 2.05) is 25.1 Å². The Morgan fingerprint density at radius 3 is 2.83 bits per heavy atom. The summed E-state index contributed by atoms with van der Waals surface area (Å²) in [7, 11) is 0. The average molecular weight is 487 g/mol. The van der Waals surface area contributed by atoms with E-state index >= 15 is 0 Å². The maximum Gasteiger partial charge on any atom is 0.261 e. The molecule has 2 amide bonds. The van der Waals surface area contributed by atoms with Gasteiger partial charge in [0.1, 0.15) is 0 Å². The molecular weight excluding hydrogens is 464 g/mol. The van der Waals surface area contributed by atoms with E-state index in [-0.39, 0.29) is 17.2 Å². The molecule has 2 saturated heterocycles. The number of piperidine rings is 1. The zero-order valence-electron chi connectivity index (χ0n) is 19.0. The molecule has 0 bridgehead atoms. The first-order chi connectivity index (χ1) is 17.0. The lowest BCUT2D eigenvalue weighted by Gasteiger charge is -2.48. The normalized spacial score (nSPS) is 19.5. The first-order valence-electron chi connectivity index (χ1n) is 11.4. The average Bonchev–Trinajstić information content (AvgIpc) is 3.29.